The summed E-state index contributed by atoms with van der Waals surface area (Å²) in [7, 11) is -0.782. The van der Waals surface area contributed by atoms with Crippen LogP contribution in [0.1, 0.15) is 5.56 Å². The van der Waals surface area contributed by atoms with Crippen molar-refractivity contribution < 1.29 is 19.1 Å². The van der Waals surface area contributed by atoms with Crippen LogP contribution in [-0.2, 0) is 11.0 Å². The number of nitro benzene ring substituents is 1. The first-order valence-electron chi connectivity index (χ1n) is 5.14. The van der Waals surface area contributed by atoms with E-state index in [0.717, 1.165) is 5.56 Å². The van der Waals surface area contributed by atoms with Crippen molar-refractivity contribution in [2.24, 2.45) is 0 Å². The zero-order chi connectivity index (χ0) is 13.5. The Morgan fingerprint density at radius 1 is 1.50 bits per heavy atom. The normalized spacial score (nSPS) is 11.6. The molecule has 0 spiro atoms. The van der Waals surface area contributed by atoms with Crippen LogP contribution in [0.4, 0.5) is 5.69 Å². The largest absolute Gasteiger partial charge is 0.509 e. The quantitative estimate of drug-likeness (QED) is 0.371. The minimum absolute atomic E-state index is 0.0799. The van der Waals surface area contributed by atoms with Crippen LogP contribution >= 0.6 is 8.03 Å². The number of nitro groups is 1. The highest BCUT2D eigenvalue weighted by atomic mass is 31.1. The van der Waals surface area contributed by atoms with Gasteiger partial charge >= 0.3 is 13.7 Å². The average Bonchev–Trinajstić information content (AvgIpc) is 2.33. The number of hydrogen-bond donors (Lipinski definition) is 1. The molecular formula is C11H13NO5P+. The Morgan fingerprint density at radius 3 is 2.78 bits per heavy atom. The maximum absolute atomic E-state index is 10.7. The molecule has 1 N–H and O–H groups in total. The van der Waals surface area contributed by atoms with Gasteiger partial charge in [0, 0.05) is 6.07 Å². The number of allylic oxidation sites excluding steroid dienone is 2. The van der Waals surface area contributed by atoms with Crippen LogP contribution in [0.5, 0.6) is 5.75 Å². The number of hydrogen-bond acceptors (Lipinski definition) is 4. The molecule has 7 heteroatoms. The van der Waals surface area contributed by atoms with E-state index in [4.69, 9.17) is 9.63 Å². The fraction of sp³-hybridized carbons (Fsp3) is 0.273. The van der Waals surface area contributed by atoms with E-state index in [9.17, 15) is 14.7 Å². The van der Waals surface area contributed by atoms with Crippen molar-refractivity contribution in [1.82, 2.24) is 0 Å². The summed E-state index contributed by atoms with van der Waals surface area (Å²) >= 11 is 0. The second kappa shape index (κ2) is 6.83. The fourth-order valence-corrected chi connectivity index (χ4v) is 1.71. The fourth-order valence-electron chi connectivity index (χ4n) is 1.38. The van der Waals surface area contributed by atoms with Gasteiger partial charge < -0.3 is 4.74 Å². The summed E-state index contributed by atoms with van der Waals surface area (Å²) in [4.78, 5) is 18.8. The lowest BCUT2D eigenvalue weighted by atomic mass is 10.1. The highest BCUT2D eigenvalue weighted by Gasteiger charge is 2.14. The van der Waals surface area contributed by atoms with Crippen LogP contribution in [0.15, 0.2) is 30.4 Å². The Balaban J connectivity index is 2.77. The van der Waals surface area contributed by atoms with E-state index < -0.39 is 13.0 Å². The third-order valence-electron chi connectivity index (χ3n) is 2.22. The molecular weight excluding hydrogens is 257 g/mol. The summed E-state index contributed by atoms with van der Waals surface area (Å²) in [6, 6.07) is 4.60. The van der Waals surface area contributed by atoms with Gasteiger partial charge in [-0.3, -0.25) is 10.1 Å². The SMILES string of the molecule is COc1cc(CC=CC[P+](=O)O)ccc1[N+](=O)[O-]. The maximum atomic E-state index is 10.7. The third-order valence-corrected chi connectivity index (χ3v) is 2.75. The topological polar surface area (TPSA) is 89.7 Å². The molecule has 6 nitrogen and oxygen atoms in total. The van der Waals surface area contributed by atoms with Crippen LogP contribution < -0.4 is 4.74 Å². The van der Waals surface area contributed by atoms with Gasteiger partial charge in [-0.1, -0.05) is 12.1 Å². The second-order valence-electron chi connectivity index (χ2n) is 3.47. The summed E-state index contributed by atoms with van der Waals surface area (Å²) in [5.41, 5.74) is 0.755. The van der Waals surface area contributed by atoms with Crippen molar-refractivity contribution in [3.8, 4) is 5.75 Å². The number of benzene rings is 1. The van der Waals surface area contributed by atoms with E-state index in [0.29, 0.717) is 6.42 Å². The lowest BCUT2D eigenvalue weighted by Gasteiger charge is -2.03. The third kappa shape index (κ3) is 4.24. The van der Waals surface area contributed by atoms with Gasteiger partial charge in [-0.15, -0.1) is 0 Å². The summed E-state index contributed by atoms with van der Waals surface area (Å²) in [5.74, 6) is 0.208. The van der Waals surface area contributed by atoms with Gasteiger partial charge in [0.25, 0.3) is 0 Å². The summed E-state index contributed by atoms with van der Waals surface area (Å²) in [5, 5.41) is 10.7. The van der Waals surface area contributed by atoms with Gasteiger partial charge in [-0.2, -0.15) is 4.89 Å². The molecule has 1 rings (SSSR count). The molecule has 0 aromatic heterocycles. The van der Waals surface area contributed by atoms with E-state index in [1.165, 1.54) is 13.2 Å². The van der Waals surface area contributed by atoms with Gasteiger partial charge in [0.2, 0.25) is 0 Å². The highest BCUT2D eigenvalue weighted by Crippen LogP contribution is 2.27. The molecule has 1 atom stereocenters. The number of ether oxygens (including phenoxy) is 1. The molecule has 0 amide bonds. The first-order chi connectivity index (χ1) is 8.54. The molecule has 0 aliphatic rings. The predicted molar refractivity (Wildman–Crippen MR) is 67.2 cm³/mol. The van der Waals surface area contributed by atoms with Crippen LogP contribution in [0, 0.1) is 10.1 Å². The van der Waals surface area contributed by atoms with E-state index in [1.54, 1.807) is 24.3 Å². The zero-order valence-electron chi connectivity index (χ0n) is 9.78. The first kappa shape index (κ1) is 14.3. The Bertz CT molecular complexity index is 486. The molecule has 1 aromatic rings. The molecule has 0 saturated carbocycles. The zero-order valence-corrected chi connectivity index (χ0v) is 10.7. The van der Waals surface area contributed by atoms with E-state index in [2.05, 4.69) is 0 Å². The minimum Gasteiger partial charge on any atom is -0.490 e. The lowest BCUT2D eigenvalue weighted by Crippen LogP contribution is -1.94. The Hall–Kier alpha value is -1.78. The van der Waals surface area contributed by atoms with Crippen molar-refractivity contribution in [2.75, 3.05) is 13.3 Å². The standard InChI is InChI=1S/C11H12NO5P/c1-17-11-8-9(4-2-3-7-18(15)16)5-6-10(11)12(13)14/h2-3,5-6,8H,4,7H2,1H3/p+1. The second-order valence-corrected chi connectivity index (χ2v) is 4.54. The molecule has 0 fully saturated rings. The smallest absolute Gasteiger partial charge is 0.490 e. The van der Waals surface area contributed by atoms with Crippen LogP contribution in [-0.4, -0.2) is 23.1 Å². The van der Waals surface area contributed by atoms with Crippen molar-refractivity contribution in [3.63, 3.8) is 0 Å². The van der Waals surface area contributed by atoms with Gasteiger partial charge in [-0.05, 0) is 28.7 Å². The summed E-state index contributed by atoms with van der Waals surface area (Å²) in [6.07, 6.45) is 3.98. The van der Waals surface area contributed by atoms with Crippen LogP contribution in [0.2, 0.25) is 0 Å². The van der Waals surface area contributed by atoms with Crippen LogP contribution in [0.3, 0.4) is 0 Å². The molecule has 0 aliphatic carbocycles. The Morgan fingerprint density at radius 2 is 2.22 bits per heavy atom. The molecule has 1 aromatic carbocycles. The van der Waals surface area contributed by atoms with Gasteiger partial charge in [0.15, 0.2) is 11.9 Å². The van der Waals surface area contributed by atoms with Crippen molar-refractivity contribution in [1.29, 1.82) is 0 Å². The molecule has 0 bridgehead atoms. The van der Waals surface area contributed by atoms with Gasteiger partial charge in [-0.25, -0.2) is 0 Å². The average molecular weight is 270 g/mol. The van der Waals surface area contributed by atoms with Crippen molar-refractivity contribution in [2.45, 2.75) is 6.42 Å². The minimum atomic E-state index is -2.15. The highest BCUT2D eigenvalue weighted by molar-refractivity contribution is 7.38. The number of rotatable bonds is 6. The van der Waals surface area contributed by atoms with Crippen molar-refractivity contribution in [3.05, 3.63) is 46.0 Å². The van der Waals surface area contributed by atoms with E-state index in [-0.39, 0.29) is 17.6 Å². The molecule has 0 saturated heterocycles. The lowest BCUT2D eigenvalue weighted by molar-refractivity contribution is -0.385. The predicted octanol–water partition coefficient (Wildman–Crippen LogP) is 2.44. The molecule has 18 heavy (non-hydrogen) atoms. The first-order valence-corrected chi connectivity index (χ1v) is 6.54. The number of nitrogens with zero attached hydrogens (tertiary/aromatic N) is 1. The summed E-state index contributed by atoms with van der Waals surface area (Å²) in [6.45, 7) is 0. The maximum Gasteiger partial charge on any atom is 0.509 e. The number of methoxy groups -OCH3 is 1. The van der Waals surface area contributed by atoms with Crippen molar-refractivity contribution >= 4 is 13.7 Å². The van der Waals surface area contributed by atoms with Gasteiger partial charge in [0.05, 0.1) is 12.0 Å². The van der Waals surface area contributed by atoms with E-state index in [1.807, 2.05) is 0 Å². The summed E-state index contributed by atoms with van der Waals surface area (Å²) < 4.78 is 15.4. The molecule has 0 aliphatic heterocycles. The van der Waals surface area contributed by atoms with Gasteiger partial charge in [0.1, 0.15) is 0 Å². The Labute approximate surface area is 105 Å². The molecule has 96 valence electrons. The van der Waals surface area contributed by atoms with E-state index >= 15 is 0 Å². The Kier molecular flexibility index (Phi) is 5.42. The van der Waals surface area contributed by atoms with Crippen LogP contribution in [0.25, 0.3) is 0 Å². The molecule has 0 heterocycles. The molecule has 1 unspecified atom stereocenters. The monoisotopic (exact) mass is 270 g/mol. The molecule has 0 radical (unpaired) electrons.